The first-order valence-electron chi connectivity index (χ1n) is 6.08. The van der Waals surface area contributed by atoms with Gasteiger partial charge in [0.25, 0.3) is 10.7 Å². The van der Waals surface area contributed by atoms with Gasteiger partial charge in [0.05, 0.1) is 10.0 Å². The molecule has 0 aliphatic heterocycles. The van der Waals surface area contributed by atoms with Crippen molar-refractivity contribution in [1.29, 1.82) is 0 Å². The number of hydrogen-bond acceptors (Lipinski definition) is 5. The quantitative estimate of drug-likeness (QED) is 0.712. The number of hydrogen-bond donors (Lipinski definition) is 1. The number of aryl methyl sites for hydroxylation is 1. The SMILES string of the molecule is Cc1cc(=O)c(-c2n[nH]c(=S)o2)nn1-c1c(Cl)cccc1Cl. The van der Waals surface area contributed by atoms with E-state index < -0.39 is 0 Å². The summed E-state index contributed by atoms with van der Waals surface area (Å²) >= 11 is 17.2. The Morgan fingerprint density at radius 3 is 2.59 bits per heavy atom. The molecule has 3 aromatic rings. The Kier molecular flexibility index (Phi) is 3.86. The van der Waals surface area contributed by atoms with Crippen LogP contribution in [-0.2, 0) is 0 Å². The molecular formula is C13H8Cl2N4O2S. The van der Waals surface area contributed by atoms with Gasteiger partial charge in [0.1, 0.15) is 5.69 Å². The summed E-state index contributed by atoms with van der Waals surface area (Å²) in [5.41, 5.74) is 0.702. The molecule has 2 heterocycles. The average Bonchev–Trinajstić information content (AvgIpc) is 2.87. The van der Waals surface area contributed by atoms with Crippen LogP contribution in [0.5, 0.6) is 0 Å². The molecule has 0 saturated heterocycles. The monoisotopic (exact) mass is 354 g/mol. The molecule has 1 aromatic carbocycles. The van der Waals surface area contributed by atoms with Crippen molar-refractivity contribution >= 4 is 35.4 Å². The predicted molar refractivity (Wildman–Crippen MR) is 85.3 cm³/mol. The summed E-state index contributed by atoms with van der Waals surface area (Å²) in [5.74, 6) is 0.00641. The molecule has 0 unspecified atom stereocenters. The summed E-state index contributed by atoms with van der Waals surface area (Å²) in [6, 6.07) is 6.48. The van der Waals surface area contributed by atoms with Crippen molar-refractivity contribution in [3.05, 3.63) is 55.1 Å². The highest BCUT2D eigenvalue weighted by Crippen LogP contribution is 2.28. The van der Waals surface area contributed by atoms with Gasteiger partial charge < -0.3 is 4.42 Å². The van der Waals surface area contributed by atoms with Crippen LogP contribution < -0.4 is 5.43 Å². The molecule has 22 heavy (non-hydrogen) atoms. The Bertz CT molecular complexity index is 956. The fourth-order valence-electron chi connectivity index (χ4n) is 1.94. The number of aromatic amines is 1. The maximum Gasteiger partial charge on any atom is 0.284 e. The fraction of sp³-hybridized carbons (Fsp3) is 0.0769. The van der Waals surface area contributed by atoms with Crippen LogP contribution >= 0.6 is 35.4 Å². The van der Waals surface area contributed by atoms with Gasteiger partial charge in [-0.05, 0) is 31.3 Å². The summed E-state index contributed by atoms with van der Waals surface area (Å²) in [6.45, 7) is 1.72. The summed E-state index contributed by atoms with van der Waals surface area (Å²) in [5, 5.41) is 11.3. The average molecular weight is 355 g/mol. The standard InChI is InChI=1S/C13H8Cl2N4O2S/c1-6-5-9(20)10(12-16-17-13(22)21-12)18-19(6)11-7(14)3-2-4-8(11)15/h2-5H,1H3,(H,17,22). The van der Waals surface area contributed by atoms with Crippen molar-refractivity contribution in [3.8, 4) is 17.3 Å². The van der Waals surface area contributed by atoms with Crippen molar-refractivity contribution in [2.45, 2.75) is 6.92 Å². The van der Waals surface area contributed by atoms with Crippen LogP contribution in [0.15, 0.2) is 33.5 Å². The molecule has 9 heteroatoms. The number of benzene rings is 1. The lowest BCUT2D eigenvalue weighted by molar-refractivity contribution is 0.546. The van der Waals surface area contributed by atoms with E-state index in [0.717, 1.165) is 0 Å². The molecule has 112 valence electrons. The molecule has 3 rings (SSSR count). The minimum absolute atomic E-state index is 0.00641. The third-order valence-corrected chi connectivity index (χ3v) is 3.68. The number of aromatic nitrogens is 4. The van der Waals surface area contributed by atoms with E-state index >= 15 is 0 Å². The highest BCUT2D eigenvalue weighted by molar-refractivity contribution is 7.71. The van der Waals surface area contributed by atoms with E-state index in [4.69, 9.17) is 39.8 Å². The Balaban J connectivity index is 2.30. The van der Waals surface area contributed by atoms with Gasteiger partial charge >= 0.3 is 0 Å². The molecule has 2 aromatic heterocycles. The highest BCUT2D eigenvalue weighted by atomic mass is 35.5. The molecule has 0 amide bonds. The number of nitrogens with one attached hydrogen (secondary N) is 1. The molecule has 0 spiro atoms. The third kappa shape index (κ3) is 2.58. The van der Waals surface area contributed by atoms with Crippen molar-refractivity contribution in [2.24, 2.45) is 0 Å². The molecule has 6 nitrogen and oxygen atoms in total. The predicted octanol–water partition coefficient (Wildman–Crippen LogP) is 3.56. The Labute approximate surface area is 139 Å². The van der Waals surface area contributed by atoms with Gasteiger partial charge in [-0.15, -0.1) is 5.10 Å². The van der Waals surface area contributed by atoms with E-state index in [-0.39, 0.29) is 21.9 Å². The molecule has 0 bridgehead atoms. The van der Waals surface area contributed by atoms with Gasteiger partial charge in [-0.1, -0.05) is 29.3 Å². The van der Waals surface area contributed by atoms with Gasteiger partial charge in [-0.25, -0.2) is 9.78 Å². The zero-order chi connectivity index (χ0) is 15.9. The zero-order valence-electron chi connectivity index (χ0n) is 11.1. The van der Waals surface area contributed by atoms with Gasteiger partial charge in [0.2, 0.25) is 5.43 Å². The molecule has 0 atom stereocenters. The number of rotatable bonds is 2. The first-order valence-corrected chi connectivity index (χ1v) is 7.25. The van der Waals surface area contributed by atoms with Crippen molar-refractivity contribution in [2.75, 3.05) is 0 Å². The van der Waals surface area contributed by atoms with Gasteiger partial charge in [0, 0.05) is 11.8 Å². The Morgan fingerprint density at radius 1 is 1.32 bits per heavy atom. The van der Waals surface area contributed by atoms with E-state index in [0.29, 0.717) is 21.4 Å². The fourth-order valence-corrected chi connectivity index (χ4v) is 2.63. The number of H-pyrrole nitrogens is 1. The van der Waals surface area contributed by atoms with Crippen LogP contribution in [0, 0.1) is 11.8 Å². The van der Waals surface area contributed by atoms with Crippen molar-refractivity contribution in [1.82, 2.24) is 20.0 Å². The molecule has 0 aliphatic carbocycles. The van der Waals surface area contributed by atoms with Crippen molar-refractivity contribution in [3.63, 3.8) is 0 Å². The second-order valence-electron chi connectivity index (χ2n) is 4.40. The van der Waals surface area contributed by atoms with Crippen LogP contribution in [0.1, 0.15) is 5.69 Å². The number of halogens is 2. The first-order chi connectivity index (χ1) is 10.5. The zero-order valence-corrected chi connectivity index (χ0v) is 13.5. The molecule has 0 saturated carbocycles. The summed E-state index contributed by atoms with van der Waals surface area (Å²) in [4.78, 5) is 12.2. The highest BCUT2D eigenvalue weighted by Gasteiger charge is 2.17. The smallest absolute Gasteiger partial charge is 0.284 e. The van der Waals surface area contributed by atoms with Crippen LogP contribution in [0.4, 0.5) is 0 Å². The molecule has 0 aliphatic rings. The molecular weight excluding hydrogens is 347 g/mol. The summed E-state index contributed by atoms with van der Waals surface area (Å²) in [7, 11) is 0. The lowest BCUT2D eigenvalue weighted by Crippen LogP contribution is -2.16. The van der Waals surface area contributed by atoms with Crippen molar-refractivity contribution < 1.29 is 4.42 Å². The van der Waals surface area contributed by atoms with E-state index in [2.05, 4.69) is 15.3 Å². The summed E-state index contributed by atoms with van der Waals surface area (Å²) in [6.07, 6.45) is 0. The van der Waals surface area contributed by atoms with Crippen LogP contribution in [0.25, 0.3) is 17.3 Å². The van der Waals surface area contributed by atoms with Crippen LogP contribution in [-0.4, -0.2) is 20.0 Å². The van der Waals surface area contributed by atoms with E-state index in [1.807, 2.05) is 0 Å². The number of para-hydroxylation sites is 1. The lowest BCUT2D eigenvalue weighted by Gasteiger charge is -2.13. The van der Waals surface area contributed by atoms with Gasteiger partial charge in [0.15, 0.2) is 5.69 Å². The van der Waals surface area contributed by atoms with Gasteiger partial charge in [-0.2, -0.15) is 5.10 Å². The molecule has 0 fully saturated rings. The normalized spacial score (nSPS) is 10.9. The minimum atomic E-state index is -0.345. The Hall–Kier alpha value is -1.96. The Morgan fingerprint density at radius 2 is 2.00 bits per heavy atom. The molecule has 0 radical (unpaired) electrons. The largest absolute Gasteiger partial charge is 0.407 e. The second kappa shape index (κ2) is 5.68. The van der Waals surface area contributed by atoms with E-state index in [1.165, 1.54) is 10.7 Å². The first kappa shape index (κ1) is 15.0. The van der Waals surface area contributed by atoms with Gasteiger partial charge in [-0.3, -0.25) is 4.79 Å². The lowest BCUT2D eigenvalue weighted by atomic mass is 10.2. The number of nitrogens with zero attached hydrogens (tertiary/aromatic N) is 3. The van der Waals surface area contributed by atoms with Crippen LogP contribution in [0.3, 0.4) is 0 Å². The summed E-state index contributed by atoms with van der Waals surface area (Å²) < 4.78 is 6.61. The molecule has 1 N–H and O–H groups in total. The topological polar surface area (TPSA) is 76.7 Å². The third-order valence-electron chi connectivity index (χ3n) is 2.90. The van der Waals surface area contributed by atoms with Crippen LogP contribution in [0.2, 0.25) is 10.0 Å². The maximum atomic E-state index is 12.1. The van der Waals surface area contributed by atoms with E-state index in [9.17, 15) is 4.79 Å². The maximum absolute atomic E-state index is 12.1. The van der Waals surface area contributed by atoms with E-state index in [1.54, 1.807) is 25.1 Å². The second-order valence-corrected chi connectivity index (χ2v) is 5.58. The minimum Gasteiger partial charge on any atom is -0.407 e.